The lowest BCUT2D eigenvalue weighted by molar-refractivity contribution is -0.142. The van der Waals surface area contributed by atoms with E-state index in [1.165, 1.54) is 7.11 Å². The topological polar surface area (TPSA) is 81.4 Å². The van der Waals surface area contributed by atoms with E-state index < -0.39 is 23.6 Å². The Kier molecular flexibility index (Phi) is 5.29. The maximum Gasteiger partial charge on any atom is 0.433 e. The highest BCUT2D eigenvalue weighted by molar-refractivity contribution is 6.02. The lowest BCUT2D eigenvalue weighted by Gasteiger charge is -2.10. The number of methoxy groups -OCH3 is 1. The lowest BCUT2D eigenvalue weighted by Crippen LogP contribution is -2.17. The van der Waals surface area contributed by atoms with E-state index in [4.69, 9.17) is 4.74 Å². The Bertz CT molecular complexity index is 1290. The molecule has 0 fully saturated rings. The van der Waals surface area contributed by atoms with E-state index in [2.05, 4.69) is 20.4 Å². The summed E-state index contributed by atoms with van der Waals surface area (Å²) in [4.78, 5) is 20.9. The molecule has 0 bridgehead atoms. The summed E-state index contributed by atoms with van der Waals surface area (Å²) < 4.78 is 46.9. The Balaban J connectivity index is 1.79. The molecular formula is C22H18F3N5O2. The number of nitrogens with zero attached hydrogens (tertiary/aromatic N) is 4. The number of para-hydroxylation sites is 1. The minimum absolute atomic E-state index is 0.0431. The van der Waals surface area contributed by atoms with Crippen molar-refractivity contribution >= 4 is 17.4 Å². The second-order valence-corrected chi connectivity index (χ2v) is 7.12. The second kappa shape index (κ2) is 7.95. The predicted octanol–water partition coefficient (Wildman–Crippen LogP) is 4.69. The fourth-order valence-corrected chi connectivity index (χ4v) is 3.26. The van der Waals surface area contributed by atoms with Crippen LogP contribution in [0.25, 0.3) is 17.0 Å². The molecule has 1 N–H and O–H groups in total. The van der Waals surface area contributed by atoms with Gasteiger partial charge in [0.2, 0.25) is 5.82 Å². The van der Waals surface area contributed by atoms with Crippen LogP contribution in [0.3, 0.4) is 0 Å². The number of anilines is 1. The Morgan fingerprint density at radius 3 is 2.28 bits per heavy atom. The average molecular weight is 441 g/mol. The van der Waals surface area contributed by atoms with Crippen molar-refractivity contribution in [1.82, 2.24) is 19.6 Å². The second-order valence-electron chi connectivity index (χ2n) is 7.12. The van der Waals surface area contributed by atoms with Crippen molar-refractivity contribution in [1.29, 1.82) is 0 Å². The number of halogens is 3. The van der Waals surface area contributed by atoms with Crippen LogP contribution >= 0.6 is 0 Å². The molecule has 4 rings (SSSR count). The molecule has 0 saturated carbocycles. The van der Waals surface area contributed by atoms with E-state index in [-0.39, 0.29) is 11.5 Å². The van der Waals surface area contributed by atoms with Gasteiger partial charge in [-0.1, -0.05) is 18.2 Å². The first kappa shape index (κ1) is 21.3. The van der Waals surface area contributed by atoms with Crippen molar-refractivity contribution in [3.8, 4) is 17.0 Å². The summed E-state index contributed by atoms with van der Waals surface area (Å²) in [5, 5.41) is 6.46. The summed E-state index contributed by atoms with van der Waals surface area (Å²) in [5.41, 5.74) is 1.55. The third kappa shape index (κ3) is 3.98. The molecule has 0 atom stereocenters. The number of nitrogens with one attached hydrogen (secondary N) is 1. The van der Waals surface area contributed by atoms with Crippen LogP contribution in [-0.4, -0.2) is 32.6 Å². The number of fused-ring (bicyclic) bond motifs is 1. The van der Waals surface area contributed by atoms with Crippen molar-refractivity contribution in [2.75, 3.05) is 12.4 Å². The van der Waals surface area contributed by atoms with Crippen molar-refractivity contribution in [3.63, 3.8) is 0 Å². The van der Waals surface area contributed by atoms with Gasteiger partial charge < -0.3 is 10.1 Å². The molecular weight excluding hydrogens is 423 g/mol. The van der Waals surface area contributed by atoms with Crippen molar-refractivity contribution in [2.24, 2.45) is 0 Å². The van der Waals surface area contributed by atoms with E-state index in [9.17, 15) is 18.0 Å². The zero-order valence-corrected chi connectivity index (χ0v) is 17.4. The van der Waals surface area contributed by atoms with Gasteiger partial charge in [-0.15, -0.1) is 5.10 Å². The number of aromatic nitrogens is 4. The molecule has 0 aliphatic carbocycles. The summed E-state index contributed by atoms with van der Waals surface area (Å²) in [5.74, 6) is -0.930. The van der Waals surface area contributed by atoms with Crippen molar-refractivity contribution < 1.29 is 22.7 Å². The van der Waals surface area contributed by atoms with Gasteiger partial charge in [-0.3, -0.25) is 4.79 Å². The Morgan fingerprint density at radius 2 is 1.69 bits per heavy atom. The molecule has 164 valence electrons. The van der Waals surface area contributed by atoms with Gasteiger partial charge in [0.25, 0.3) is 11.7 Å². The van der Waals surface area contributed by atoms with Gasteiger partial charge in [0, 0.05) is 11.3 Å². The van der Waals surface area contributed by atoms with Gasteiger partial charge in [0.1, 0.15) is 5.75 Å². The number of carbonyl (C=O) groups excluding carboxylic acids is 1. The number of ether oxygens (including phenoxy) is 1. The molecule has 0 unspecified atom stereocenters. The molecule has 7 nitrogen and oxygen atoms in total. The molecule has 0 radical (unpaired) electrons. The monoisotopic (exact) mass is 441 g/mol. The maximum atomic E-state index is 13.8. The number of alkyl halides is 3. The highest BCUT2D eigenvalue weighted by atomic mass is 19.4. The zero-order chi connectivity index (χ0) is 23.0. The third-order valence-electron chi connectivity index (χ3n) is 4.91. The molecule has 2 aromatic carbocycles. The van der Waals surface area contributed by atoms with Gasteiger partial charge in [-0.25, -0.2) is 4.98 Å². The SMILES string of the molecule is COc1ccc(-c2cc(C(F)(F)F)n3nc(C(=O)Nc4c(C)cccc4C)nc3n2)cc1. The predicted molar refractivity (Wildman–Crippen MR) is 112 cm³/mol. The number of hydrogen-bond acceptors (Lipinski definition) is 5. The summed E-state index contributed by atoms with van der Waals surface area (Å²) in [6, 6.07) is 12.7. The van der Waals surface area contributed by atoms with Gasteiger partial charge >= 0.3 is 6.18 Å². The average Bonchev–Trinajstić information content (AvgIpc) is 3.19. The molecule has 0 aliphatic heterocycles. The lowest BCUT2D eigenvalue weighted by atomic mass is 10.1. The molecule has 0 aliphatic rings. The fraction of sp³-hybridized carbons (Fsp3) is 0.182. The smallest absolute Gasteiger partial charge is 0.433 e. The number of benzene rings is 2. The number of rotatable bonds is 4. The van der Waals surface area contributed by atoms with Crippen LogP contribution < -0.4 is 10.1 Å². The van der Waals surface area contributed by atoms with E-state index in [0.717, 1.165) is 17.2 Å². The zero-order valence-electron chi connectivity index (χ0n) is 17.4. The van der Waals surface area contributed by atoms with Gasteiger partial charge in [-0.05, 0) is 55.3 Å². The van der Waals surface area contributed by atoms with E-state index in [1.807, 2.05) is 32.0 Å². The largest absolute Gasteiger partial charge is 0.497 e. The number of amides is 1. The fourth-order valence-electron chi connectivity index (χ4n) is 3.26. The minimum atomic E-state index is -4.74. The molecule has 32 heavy (non-hydrogen) atoms. The van der Waals surface area contributed by atoms with Gasteiger partial charge in [0.15, 0.2) is 5.69 Å². The highest BCUT2D eigenvalue weighted by Crippen LogP contribution is 2.32. The molecule has 2 aromatic heterocycles. The maximum absolute atomic E-state index is 13.8. The van der Waals surface area contributed by atoms with Crippen LogP contribution in [0.1, 0.15) is 27.4 Å². The van der Waals surface area contributed by atoms with E-state index in [1.54, 1.807) is 24.3 Å². The molecule has 0 saturated heterocycles. The summed E-state index contributed by atoms with van der Waals surface area (Å²) >= 11 is 0. The molecule has 1 amide bonds. The van der Waals surface area contributed by atoms with E-state index in [0.29, 0.717) is 21.5 Å². The van der Waals surface area contributed by atoms with Crippen molar-refractivity contribution in [2.45, 2.75) is 20.0 Å². The van der Waals surface area contributed by atoms with Gasteiger partial charge in [0.05, 0.1) is 12.8 Å². The third-order valence-corrected chi connectivity index (χ3v) is 4.91. The van der Waals surface area contributed by atoms with Crippen LogP contribution in [0, 0.1) is 13.8 Å². The van der Waals surface area contributed by atoms with Crippen LogP contribution in [0.2, 0.25) is 0 Å². The highest BCUT2D eigenvalue weighted by Gasteiger charge is 2.36. The Morgan fingerprint density at radius 1 is 1.03 bits per heavy atom. The Hall–Kier alpha value is -3.95. The number of carbonyl (C=O) groups is 1. The van der Waals surface area contributed by atoms with Gasteiger partial charge in [-0.2, -0.15) is 22.7 Å². The van der Waals surface area contributed by atoms with Crippen LogP contribution in [0.15, 0.2) is 48.5 Å². The molecule has 2 heterocycles. The molecule has 10 heteroatoms. The van der Waals surface area contributed by atoms with Crippen molar-refractivity contribution in [3.05, 3.63) is 71.2 Å². The summed E-state index contributed by atoms with van der Waals surface area (Å²) in [7, 11) is 1.49. The first-order valence-corrected chi connectivity index (χ1v) is 9.54. The summed E-state index contributed by atoms with van der Waals surface area (Å²) in [6.45, 7) is 3.62. The van der Waals surface area contributed by atoms with Crippen LogP contribution in [0.4, 0.5) is 18.9 Å². The first-order valence-electron chi connectivity index (χ1n) is 9.54. The number of hydrogen-bond donors (Lipinski definition) is 1. The first-order chi connectivity index (χ1) is 15.2. The Labute approximate surface area is 180 Å². The van der Waals surface area contributed by atoms with Crippen LogP contribution in [0.5, 0.6) is 5.75 Å². The normalized spacial score (nSPS) is 11.6. The standard InChI is InChI=1S/C22H18F3N5O2/c1-12-5-4-6-13(2)18(12)27-20(31)19-28-21-26-16(14-7-9-15(32-3)10-8-14)11-17(22(23,24)25)30(21)29-19/h4-11H,1-3H3,(H,27,31). The number of aryl methyl sites for hydroxylation is 2. The molecule has 0 spiro atoms. The molecule has 4 aromatic rings. The summed E-state index contributed by atoms with van der Waals surface area (Å²) in [6.07, 6.45) is -4.74. The van der Waals surface area contributed by atoms with E-state index >= 15 is 0 Å². The minimum Gasteiger partial charge on any atom is -0.497 e. The quantitative estimate of drug-likeness (QED) is 0.497. The van der Waals surface area contributed by atoms with Crippen LogP contribution in [-0.2, 0) is 6.18 Å².